The van der Waals surface area contributed by atoms with Crippen LogP contribution in [0.2, 0.25) is 0 Å². The van der Waals surface area contributed by atoms with Gasteiger partial charge in [-0.3, -0.25) is 4.79 Å². The fraction of sp³-hybridized carbons (Fsp3) is 0.462. The van der Waals surface area contributed by atoms with E-state index in [2.05, 4.69) is 0 Å². The summed E-state index contributed by atoms with van der Waals surface area (Å²) in [6.07, 6.45) is 2.15. The average Bonchev–Trinajstić information content (AvgIpc) is 3.12. The van der Waals surface area contributed by atoms with Gasteiger partial charge < -0.3 is 14.4 Å². The van der Waals surface area contributed by atoms with Crippen LogP contribution in [0.15, 0.2) is 18.2 Å². The standard InChI is InChI=1S/C13H14ClNO3/c14-5-6-15(10-2-3-10)13(16)9-1-4-11-12(7-9)18-8-17-11/h1,4,7,10H,2-3,5-6,8H2. The molecule has 1 amide bonds. The Labute approximate surface area is 110 Å². The lowest BCUT2D eigenvalue weighted by Gasteiger charge is -2.21. The molecule has 0 aromatic heterocycles. The summed E-state index contributed by atoms with van der Waals surface area (Å²) in [5.74, 6) is 1.83. The maximum absolute atomic E-state index is 12.4. The molecule has 1 aliphatic heterocycles. The van der Waals surface area contributed by atoms with Crippen molar-refractivity contribution in [3.05, 3.63) is 23.8 Å². The highest BCUT2D eigenvalue weighted by Gasteiger charge is 2.33. The van der Waals surface area contributed by atoms with Gasteiger partial charge in [-0.15, -0.1) is 11.6 Å². The Morgan fingerprint density at radius 2 is 2.11 bits per heavy atom. The Morgan fingerprint density at radius 3 is 2.83 bits per heavy atom. The van der Waals surface area contributed by atoms with Crippen molar-refractivity contribution in [3.8, 4) is 11.5 Å². The molecule has 18 heavy (non-hydrogen) atoms. The summed E-state index contributed by atoms with van der Waals surface area (Å²) in [7, 11) is 0. The van der Waals surface area contributed by atoms with Gasteiger partial charge in [0.15, 0.2) is 11.5 Å². The smallest absolute Gasteiger partial charge is 0.254 e. The molecule has 1 aromatic rings. The van der Waals surface area contributed by atoms with Crippen LogP contribution < -0.4 is 9.47 Å². The first-order valence-electron chi connectivity index (χ1n) is 6.06. The van der Waals surface area contributed by atoms with E-state index < -0.39 is 0 Å². The molecule has 3 rings (SSSR count). The van der Waals surface area contributed by atoms with Crippen LogP contribution in [-0.4, -0.2) is 36.1 Å². The molecule has 0 unspecified atom stereocenters. The molecule has 1 aliphatic carbocycles. The normalized spacial score (nSPS) is 16.7. The fourth-order valence-electron chi connectivity index (χ4n) is 2.12. The predicted molar refractivity (Wildman–Crippen MR) is 67.3 cm³/mol. The topological polar surface area (TPSA) is 38.8 Å². The number of benzene rings is 1. The maximum Gasteiger partial charge on any atom is 0.254 e. The highest BCUT2D eigenvalue weighted by molar-refractivity contribution is 6.18. The van der Waals surface area contributed by atoms with E-state index in [4.69, 9.17) is 21.1 Å². The van der Waals surface area contributed by atoms with E-state index in [1.807, 2.05) is 4.90 Å². The van der Waals surface area contributed by atoms with Crippen molar-refractivity contribution in [2.45, 2.75) is 18.9 Å². The van der Waals surface area contributed by atoms with E-state index in [-0.39, 0.29) is 12.7 Å². The SMILES string of the molecule is O=C(c1ccc2c(c1)OCO2)N(CCCl)C1CC1. The second-order valence-corrected chi connectivity index (χ2v) is 4.86. The zero-order chi connectivity index (χ0) is 12.5. The van der Waals surface area contributed by atoms with Gasteiger partial charge in [0.05, 0.1) is 0 Å². The predicted octanol–water partition coefficient (Wildman–Crippen LogP) is 2.26. The van der Waals surface area contributed by atoms with Crippen LogP contribution in [0.5, 0.6) is 11.5 Å². The Kier molecular flexibility index (Phi) is 3.04. The van der Waals surface area contributed by atoms with Gasteiger partial charge in [0.1, 0.15) is 0 Å². The van der Waals surface area contributed by atoms with Crippen molar-refractivity contribution in [1.82, 2.24) is 4.90 Å². The lowest BCUT2D eigenvalue weighted by atomic mass is 10.1. The second-order valence-electron chi connectivity index (χ2n) is 4.49. The minimum absolute atomic E-state index is 0.0245. The molecule has 1 fully saturated rings. The second kappa shape index (κ2) is 4.69. The minimum Gasteiger partial charge on any atom is -0.454 e. The Bertz CT molecular complexity index is 473. The summed E-state index contributed by atoms with van der Waals surface area (Å²) < 4.78 is 10.5. The molecule has 0 atom stereocenters. The van der Waals surface area contributed by atoms with E-state index in [0.29, 0.717) is 35.5 Å². The van der Waals surface area contributed by atoms with Gasteiger partial charge in [-0.05, 0) is 31.0 Å². The molecule has 1 heterocycles. The molecule has 0 bridgehead atoms. The highest BCUT2D eigenvalue weighted by atomic mass is 35.5. The zero-order valence-corrected chi connectivity index (χ0v) is 10.7. The number of hydrogen-bond acceptors (Lipinski definition) is 3. The molecule has 1 saturated carbocycles. The minimum atomic E-state index is 0.0245. The Balaban J connectivity index is 1.82. The van der Waals surface area contributed by atoms with Crippen molar-refractivity contribution in [2.24, 2.45) is 0 Å². The third-order valence-corrected chi connectivity index (χ3v) is 3.36. The van der Waals surface area contributed by atoms with E-state index in [1.54, 1.807) is 18.2 Å². The number of nitrogens with zero attached hydrogens (tertiary/aromatic N) is 1. The zero-order valence-electron chi connectivity index (χ0n) is 9.89. The maximum atomic E-state index is 12.4. The Hall–Kier alpha value is -1.42. The first-order valence-corrected chi connectivity index (χ1v) is 6.59. The number of carbonyl (C=O) groups is 1. The van der Waals surface area contributed by atoms with Crippen LogP contribution in [0.3, 0.4) is 0 Å². The summed E-state index contributed by atoms with van der Waals surface area (Å²) in [6, 6.07) is 5.66. The monoisotopic (exact) mass is 267 g/mol. The first-order chi connectivity index (χ1) is 8.79. The molecule has 4 nitrogen and oxygen atoms in total. The third-order valence-electron chi connectivity index (χ3n) is 3.19. The molecular weight excluding hydrogens is 254 g/mol. The summed E-state index contributed by atoms with van der Waals surface area (Å²) in [5.41, 5.74) is 0.635. The summed E-state index contributed by atoms with van der Waals surface area (Å²) >= 11 is 5.75. The van der Waals surface area contributed by atoms with Gasteiger partial charge in [0, 0.05) is 24.0 Å². The van der Waals surface area contributed by atoms with Crippen LogP contribution in [0, 0.1) is 0 Å². The third kappa shape index (κ3) is 2.12. The molecular formula is C13H14ClNO3. The van der Waals surface area contributed by atoms with Gasteiger partial charge >= 0.3 is 0 Å². The molecule has 1 aromatic carbocycles. The molecule has 0 spiro atoms. The van der Waals surface area contributed by atoms with Crippen molar-refractivity contribution in [1.29, 1.82) is 0 Å². The largest absolute Gasteiger partial charge is 0.454 e. The number of fused-ring (bicyclic) bond motifs is 1. The van der Waals surface area contributed by atoms with Gasteiger partial charge in [-0.25, -0.2) is 0 Å². The lowest BCUT2D eigenvalue weighted by molar-refractivity contribution is 0.0753. The fourth-order valence-corrected chi connectivity index (χ4v) is 2.30. The average molecular weight is 268 g/mol. The van der Waals surface area contributed by atoms with Crippen molar-refractivity contribution < 1.29 is 14.3 Å². The van der Waals surface area contributed by atoms with Gasteiger partial charge in [-0.1, -0.05) is 0 Å². The molecule has 96 valence electrons. The van der Waals surface area contributed by atoms with E-state index in [1.165, 1.54) is 0 Å². The summed E-state index contributed by atoms with van der Waals surface area (Å²) in [4.78, 5) is 14.2. The van der Waals surface area contributed by atoms with Crippen molar-refractivity contribution >= 4 is 17.5 Å². The van der Waals surface area contributed by atoms with Crippen LogP contribution in [0.1, 0.15) is 23.2 Å². The Morgan fingerprint density at radius 1 is 1.33 bits per heavy atom. The molecule has 0 saturated heterocycles. The number of carbonyl (C=O) groups excluding carboxylic acids is 1. The first kappa shape index (κ1) is 11.7. The van der Waals surface area contributed by atoms with Crippen molar-refractivity contribution in [2.75, 3.05) is 19.2 Å². The van der Waals surface area contributed by atoms with Crippen LogP contribution in [-0.2, 0) is 0 Å². The quantitative estimate of drug-likeness (QED) is 0.786. The van der Waals surface area contributed by atoms with Crippen LogP contribution in [0.4, 0.5) is 0 Å². The number of ether oxygens (including phenoxy) is 2. The van der Waals surface area contributed by atoms with Gasteiger partial charge in [-0.2, -0.15) is 0 Å². The number of rotatable bonds is 4. The summed E-state index contributed by atoms with van der Waals surface area (Å²) in [5, 5.41) is 0. The molecule has 2 aliphatic rings. The lowest BCUT2D eigenvalue weighted by Crippen LogP contribution is -2.34. The number of halogens is 1. The van der Waals surface area contributed by atoms with Gasteiger partial charge in [0.25, 0.3) is 5.91 Å². The number of hydrogen-bond donors (Lipinski definition) is 0. The van der Waals surface area contributed by atoms with E-state index in [9.17, 15) is 4.79 Å². The molecule has 0 radical (unpaired) electrons. The number of amides is 1. The van der Waals surface area contributed by atoms with E-state index >= 15 is 0 Å². The van der Waals surface area contributed by atoms with Gasteiger partial charge in [0.2, 0.25) is 6.79 Å². The van der Waals surface area contributed by atoms with Crippen LogP contribution in [0.25, 0.3) is 0 Å². The molecule has 0 N–H and O–H groups in total. The molecule has 5 heteroatoms. The van der Waals surface area contributed by atoms with Crippen molar-refractivity contribution in [3.63, 3.8) is 0 Å². The van der Waals surface area contributed by atoms with Crippen LogP contribution >= 0.6 is 11.6 Å². The highest BCUT2D eigenvalue weighted by Crippen LogP contribution is 2.34. The van der Waals surface area contributed by atoms with E-state index in [0.717, 1.165) is 12.8 Å². The number of alkyl halides is 1. The summed E-state index contributed by atoms with van der Waals surface area (Å²) in [6.45, 7) is 0.820.